The summed E-state index contributed by atoms with van der Waals surface area (Å²) in [6, 6.07) is 5.20. The van der Waals surface area contributed by atoms with E-state index in [2.05, 4.69) is 15.9 Å². The Bertz CT molecular complexity index is 480. The number of hydrogen-bond donors (Lipinski definition) is 3. The maximum Gasteiger partial charge on any atom is 0.325 e. The van der Waals surface area contributed by atoms with E-state index in [1.54, 1.807) is 12.1 Å². The summed E-state index contributed by atoms with van der Waals surface area (Å²) >= 11 is 3.34. The van der Waals surface area contributed by atoms with E-state index < -0.39 is 11.5 Å². The minimum Gasteiger partial charge on any atom is -0.508 e. The third-order valence-electron chi connectivity index (χ3n) is 3.24. The third kappa shape index (κ3) is 2.66. The second kappa shape index (κ2) is 4.87. The van der Waals surface area contributed by atoms with Crippen molar-refractivity contribution in [2.24, 2.45) is 5.73 Å². The molecule has 0 amide bonds. The van der Waals surface area contributed by atoms with Crippen molar-refractivity contribution in [3.05, 3.63) is 28.2 Å². The number of carbonyl (C=O) groups is 1. The van der Waals surface area contributed by atoms with Gasteiger partial charge in [-0.25, -0.2) is 0 Å². The average molecular weight is 315 g/mol. The Morgan fingerprint density at radius 1 is 1.56 bits per heavy atom. The molecule has 0 bridgehead atoms. The van der Waals surface area contributed by atoms with Gasteiger partial charge >= 0.3 is 5.97 Å². The number of nitrogens with zero attached hydrogens (tertiary/aromatic N) is 1. The monoisotopic (exact) mass is 314 g/mol. The zero-order chi connectivity index (χ0) is 13.3. The molecule has 1 aliphatic rings. The molecule has 1 unspecified atom stereocenters. The number of carboxylic acids is 1. The molecule has 1 heterocycles. The number of halogens is 1. The molecular formula is C12H15BrN2O3. The van der Waals surface area contributed by atoms with Crippen molar-refractivity contribution >= 4 is 21.9 Å². The van der Waals surface area contributed by atoms with Gasteiger partial charge in [-0.2, -0.15) is 0 Å². The molecule has 1 saturated heterocycles. The topological polar surface area (TPSA) is 86.8 Å². The van der Waals surface area contributed by atoms with E-state index in [9.17, 15) is 9.90 Å². The Labute approximate surface area is 113 Å². The zero-order valence-corrected chi connectivity index (χ0v) is 11.4. The first-order chi connectivity index (χ1) is 8.40. The summed E-state index contributed by atoms with van der Waals surface area (Å²) < 4.78 is 0.881. The standard InChI is InChI=1S/C12H15BrN2O3/c13-9-1-2-10(16)8(5-9)6-15-4-3-12(14,7-15)11(17)18/h1-2,5,16H,3-4,6-7,14H2,(H,17,18). The molecule has 5 nitrogen and oxygen atoms in total. The molecule has 98 valence electrons. The second-order valence-corrected chi connectivity index (χ2v) is 5.61. The van der Waals surface area contributed by atoms with E-state index in [1.165, 1.54) is 0 Å². The molecule has 0 radical (unpaired) electrons. The van der Waals surface area contributed by atoms with E-state index in [0.717, 1.165) is 10.0 Å². The lowest BCUT2D eigenvalue weighted by Crippen LogP contribution is -2.50. The molecular weight excluding hydrogens is 300 g/mol. The quantitative estimate of drug-likeness (QED) is 0.779. The van der Waals surface area contributed by atoms with Crippen LogP contribution in [0.15, 0.2) is 22.7 Å². The average Bonchev–Trinajstić information content (AvgIpc) is 2.67. The Morgan fingerprint density at radius 2 is 2.28 bits per heavy atom. The van der Waals surface area contributed by atoms with Gasteiger partial charge in [-0.3, -0.25) is 9.69 Å². The number of carboxylic acid groups (broad SMARTS) is 1. The first kappa shape index (κ1) is 13.3. The van der Waals surface area contributed by atoms with Gasteiger partial charge in [0.2, 0.25) is 0 Å². The van der Waals surface area contributed by atoms with Gasteiger partial charge in [-0.15, -0.1) is 0 Å². The van der Waals surface area contributed by atoms with Crippen molar-refractivity contribution in [2.75, 3.05) is 13.1 Å². The van der Waals surface area contributed by atoms with Crippen LogP contribution in [0, 0.1) is 0 Å². The Morgan fingerprint density at radius 3 is 2.89 bits per heavy atom. The third-order valence-corrected chi connectivity index (χ3v) is 3.73. The number of aromatic hydroxyl groups is 1. The lowest BCUT2D eigenvalue weighted by Gasteiger charge is -2.20. The molecule has 0 aromatic heterocycles. The zero-order valence-electron chi connectivity index (χ0n) is 9.77. The van der Waals surface area contributed by atoms with Crippen molar-refractivity contribution in [1.82, 2.24) is 4.90 Å². The van der Waals surface area contributed by atoms with Crippen LogP contribution in [-0.2, 0) is 11.3 Å². The van der Waals surface area contributed by atoms with Crippen LogP contribution in [0.1, 0.15) is 12.0 Å². The predicted octanol–water partition coefficient (Wildman–Crippen LogP) is 1.14. The van der Waals surface area contributed by atoms with Crippen LogP contribution in [0.3, 0.4) is 0 Å². The first-order valence-corrected chi connectivity index (χ1v) is 6.42. The summed E-state index contributed by atoms with van der Waals surface area (Å²) in [4.78, 5) is 13.0. The lowest BCUT2D eigenvalue weighted by molar-refractivity contribution is -0.142. The highest BCUT2D eigenvalue weighted by Gasteiger charge is 2.41. The number of benzene rings is 1. The van der Waals surface area contributed by atoms with E-state index in [-0.39, 0.29) is 5.75 Å². The fraction of sp³-hybridized carbons (Fsp3) is 0.417. The molecule has 4 N–H and O–H groups in total. The molecule has 0 spiro atoms. The lowest BCUT2D eigenvalue weighted by atomic mass is 10.0. The molecule has 1 atom stereocenters. The molecule has 1 aliphatic heterocycles. The molecule has 0 saturated carbocycles. The molecule has 2 rings (SSSR count). The van der Waals surface area contributed by atoms with E-state index in [1.807, 2.05) is 11.0 Å². The Hall–Kier alpha value is -1.11. The highest BCUT2D eigenvalue weighted by Crippen LogP contribution is 2.26. The van der Waals surface area contributed by atoms with Crippen molar-refractivity contribution in [2.45, 2.75) is 18.5 Å². The van der Waals surface area contributed by atoms with E-state index in [0.29, 0.717) is 26.1 Å². The Kier molecular flexibility index (Phi) is 3.61. The molecule has 1 aromatic carbocycles. The van der Waals surface area contributed by atoms with Gasteiger partial charge in [-0.1, -0.05) is 15.9 Å². The van der Waals surface area contributed by atoms with Gasteiger partial charge in [0.1, 0.15) is 11.3 Å². The Balaban J connectivity index is 2.08. The van der Waals surface area contributed by atoms with Crippen LogP contribution >= 0.6 is 15.9 Å². The second-order valence-electron chi connectivity index (χ2n) is 4.69. The van der Waals surface area contributed by atoms with E-state index in [4.69, 9.17) is 10.8 Å². The van der Waals surface area contributed by atoms with Gasteiger partial charge in [0.05, 0.1) is 0 Å². The minimum atomic E-state index is -1.17. The highest BCUT2D eigenvalue weighted by atomic mass is 79.9. The normalized spacial score (nSPS) is 24.3. The van der Waals surface area contributed by atoms with Gasteiger partial charge in [0.15, 0.2) is 0 Å². The SMILES string of the molecule is NC1(C(=O)O)CCN(Cc2cc(Br)ccc2O)C1. The number of rotatable bonds is 3. The highest BCUT2D eigenvalue weighted by molar-refractivity contribution is 9.10. The van der Waals surface area contributed by atoms with Crippen LogP contribution in [0.4, 0.5) is 0 Å². The molecule has 6 heteroatoms. The van der Waals surface area contributed by atoms with Gasteiger partial charge in [0.25, 0.3) is 0 Å². The minimum absolute atomic E-state index is 0.211. The summed E-state index contributed by atoms with van der Waals surface area (Å²) in [5, 5.41) is 18.8. The number of nitrogens with two attached hydrogens (primary N) is 1. The summed E-state index contributed by atoms with van der Waals surface area (Å²) in [6.45, 7) is 1.42. The van der Waals surface area contributed by atoms with Gasteiger partial charge < -0.3 is 15.9 Å². The smallest absolute Gasteiger partial charge is 0.325 e. The van der Waals surface area contributed by atoms with E-state index >= 15 is 0 Å². The van der Waals surface area contributed by atoms with Crippen molar-refractivity contribution in [3.63, 3.8) is 0 Å². The first-order valence-electron chi connectivity index (χ1n) is 5.63. The van der Waals surface area contributed by atoms with Crippen LogP contribution in [0.25, 0.3) is 0 Å². The maximum atomic E-state index is 11.0. The summed E-state index contributed by atoms with van der Waals surface area (Å²) in [6.07, 6.45) is 0.428. The summed E-state index contributed by atoms with van der Waals surface area (Å²) in [5.74, 6) is -0.758. The number of phenolic OH excluding ortho intramolecular Hbond substituents is 1. The summed E-state index contributed by atoms with van der Waals surface area (Å²) in [7, 11) is 0. The fourth-order valence-corrected chi connectivity index (χ4v) is 2.55. The summed E-state index contributed by atoms with van der Waals surface area (Å²) in [5.41, 5.74) is 5.40. The molecule has 1 fully saturated rings. The molecule has 1 aromatic rings. The number of aliphatic carboxylic acids is 1. The van der Waals surface area contributed by atoms with Crippen LogP contribution in [0.5, 0.6) is 5.75 Å². The fourth-order valence-electron chi connectivity index (χ4n) is 2.15. The van der Waals surface area contributed by atoms with Crippen molar-refractivity contribution in [1.29, 1.82) is 0 Å². The number of likely N-dealkylation sites (tertiary alicyclic amines) is 1. The van der Waals surface area contributed by atoms with Crippen molar-refractivity contribution in [3.8, 4) is 5.75 Å². The predicted molar refractivity (Wildman–Crippen MR) is 70.3 cm³/mol. The van der Waals surface area contributed by atoms with Gasteiger partial charge in [-0.05, 0) is 24.6 Å². The van der Waals surface area contributed by atoms with Gasteiger partial charge in [0, 0.05) is 29.7 Å². The van der Waals surface area contributed by atoms with Crippen LogP contribution in [-0.4, -0.2) is 39.7 Å². The van der Waals surface area contributed by atoms with Crippen molar-refractivity contribution < 1.29 is 15.0 Å². The number of hydrogen-bond acceptors (Lipinski definition) is 4. The van der Waals surface area contributed by atoms with Crippen LogP contribution in [0.2, 0.25) is 0 Å². The number of phenols is 1. The largest absolute Gasteiger partial charge is 0.508 e. The molecule has 18 heavy (non-hydrogen) atoms. The molecule has 0 aliphatic carbocycles. The maximum absolute atomic E-state index is 11.0. The van der Waals surface area contributed by atoms with Crippen LogP contribution < -0.4 is 5.73 Å².